The summed E-state index contributed by atoms with van der Waals surface area (Å²) in [5, 5.41) is 0. The zero-order chi connectivity index (χ0) is 14.0. The molecule has 1 heterocycles. The van der Waals surface area contributed by atoms with E-state index in [-0.39, 0.29) is 6.17 Å². The van der Waals surface area contributed by atoms with E-state index in [9.17, 15) is 25.2 Å². The molecule has 0 saturated carbocycles. The average molecular weight is 285 g/mol. The molecule has 1 atom stereocenters. The van der Waals surface area contributed by atoms with Crippen molar-refractivity contribution in [2.24, 2.45) is 12.8 Å². The Balaban J connectivity index is 0.000000325. The Labute approximate surface area is 94.1 Å². The molecule has 0 spiro atoms. The number of rotatable bonds is 2. The number of nitrogens with zero attached hydrogens (tertiary/aromatic N) is 2. The quantitative estimate of drug-likeness (QED) is 0.503. The second-order valence-corrected chi connectivity index (χ2v) is 5.38. The molecule has 1 rings (SSSR count). The molecule has 0 saturated heterocycles. The maximum atomic E-state index is 9.87. The second-order valence-electron chi connectivity index (χ2n) is 3.46. The Kier molecular flexibility index (Phi) is 3.93. The minimum atomic E-state index is -10.7. The van der Waals surface area contributed by atoms with Crippen LogP contribution in [0.15, 0.2) is 18.7 Å². The van der Waals surface area contributed by atoms with E-state index >= 15 is 0 Å². The Morgan fingerprint density at radius 1 is 1.24 bits per heavy atom. The number of aryl methyl sites for hydroxylation is 1. The van der Waals surface area contributed by atoms with Gasteiger partial charge in [0, 0.05) is 0 Å². The molecule has 0 aromatic carbocycles. The summed E-state index contributed by atoms with van der Waals surface area (Å²) in [7, 11) is -8.67. The fourth-order valence-corrected chi connectivity index (χ4v) is 0.876. The van der Waals surface area contributed by atoms with Crippen molar-refractivity contribution >= 4 is 7.81 Å². The van der Waals surface area contributed by atoms with Crippen molar-refractivity contribution < 1.29 is 29.7 Å². The molecule has 0 aliphatic rings. The Hall–Kier alpha value is -0.820. The minimum absolute atomic E-state index is 0.126. The van der Waals surface area contributed by atoms with Gasteiger partial charge in [0.25, 0.3) is 0 Å². The van der Waals surface area contributed by atoms with E-state index in [0.29, 0.717) is 0 Å². The van der Waals surface area contributed by atoms with Crippen molar-refractivity contribution in [3.63, 3.8) is 0 Å². The topological polar surface area (TPSA) is 34.8 Å². The normalized spacial score (nSPS) is 17.5. The van der Waals surface area contributed by atoms with Crippen LogP contribution in [0.25, 0.3) is 0 Å². The van der Waals surface area contributed by atoms with E-state index in [1.54, 1.807) is 0 Å². The molecule has 0 aliphatic heterocycles. The standard InChI is InChI=1S/C7H14N3.F6P/c1-3-7(8)10-5-4-9(2)6-10;1-7(2,3,4,5)6/h4-7H,3,8H2,1-2H3;/q+1;-1. The van der Waals surface area contributed by atoms with Crippen molar-refractivity contribution in [2.45, 2.75) is 19.5 Å². The van der Waals surface area contributed by atoms with Crippen LogP contribution in [0, 0.1) is 0 Å². The molecule has 17 heavy (non-hydrogen) atoms. The van der Waals surface area contributed by atoms with Gasteiger partial charge in [-0.15, -0.1) is 0 Å². The third kappa shape index (κ3) is 13.1. The number of imidazole rings is 1. The first kappa shape index (κ1) is 16.2. The maximum absolute atomic E-state index is 10.7. The van der Waals surface area contributed by atoms with Crippen molar-refractivity contribution in [3.05, 3.63) is 18.7 Å². The van der Waals surface area contributed by atoms with Gasteiger partial charge in [-0.25, -0.2) is 9.13 Å². The summed E-state index contributed by atoms with van der Waals surface area (Å²) in [6.07, 6.45) is 7.04. The summed E-state index contributed by atoms with van der Waals surface area (Å²) in [6.45, 7) is 2.07. The molecular weight excluding hydrogens is 271 g/mol. The van der Waals surface area contributed by atoms with Crippen molar-refractivity contribution in [1.82, 2.24) is 4.57 Å². The van der Waals surface area contributed by atoms with Crippen LogP contribution in [-0.4, -0.2) is 4.57 Å². The monoisotopic (exact) mass is 285 g/mol. The fraction of sp³-hybridized carbons (Fsp3) is 0.571. The summed E-state index contributed by atoms with van der Waals surface area (Å²) >= 11 is 0. The summed E-state index contributed by atoms with van der Waals surface area (Å²) in [4.78, 5) is 0. The third-order valence-electron chi connectivity index (χ3n) is 1.59. The van der Waals surface area contributed by atoms with Crippen LogP contribution in [-0.2, 0) is 7.05 Å². The molecule has 104 valence electrons. The zero-order valence-electron chi connectivity index (χ0n) is 9.20. The second kappa shape index (κ2) is 4.13. The van der Waals surface area contributed by atoms with Gasteiger partial charge in [0.05, 0.1) is 7.05 Å². The molecule has 1 aromatic rings. The molecule has 1 aromatic heterocycles. The van der Waals surface area contributed by atoms with Gasteiger partial charge in [-0.3, -0.25) is 5.73 Å². The van der Waals surface area contributed by atoms with Crippen LogP contribution in [0.5, 0.6) is 0 Å². The van der Waals surface area contributed by atoms with E-state index in [1.165, 1.54) is 0 Å². The van der Waals surface area contributed by atoms with Crippen LogP contribution in [0.2, 0.25) is 0 Å². The number of hydrogen-bond acceptors (Lipinski definition) is 1. The van der Waals surface area contributed by atoms with Crippen molar-refractivity contribution in [3.8, 4) is 0 Å². The average Bonchev–Trinajstić information content (AvgIpc) is 2.44. The van der Waals surface area contributed by atoms with Crippen molar-refractivity contribution in [2.75, 3.05) is 0 Å². The number of halogens is 6. The Morgan fingerprint density at radius 2 is 1.65 bits per heavy atom. The first-order chi connectivity index (χ1) is 7.19. The summed E-state index contributed by atoms with van der Waals surface area (Å²) in [5.74, 6) is 0. The number of nitrogens with two attached hydrogens (primary N) is 1. The van der Waals surface area contributed by atoms with Crippen LogP contribution in [0.4, 0.5) is 25.2 Å². The van der Waals surface area contributed by atoms with Gasteiger partial charge in [0.15, 0.2) is 0 Å². The van der Waals surface area contributed by atoms with E-state index in [4.69, 9.17) is 5.73 Å². The predicted octanol–water partition coefficient (Wildman–Crippen LogP) is 3.56. The van der Waals surface area contributed by atoms with Gasteiger partial charge in [0.1, 0.15) is 18.6 Å². The zero-order valence-corrected chi connectivity index (χ0v) is 10.1. The molecule has 0 fully saturated rings. The van der Waals surface area contributed by atoms with Crippen LogP contribution in [0.3, 0.4) is 0 Å². The molecule has 10 heteroatoms. The summed E-state index contributed by atoms with van der Waals surface area (Å²) in [6, 6.07) is 0. The SMILES string of the molecule is CCC(N)[n+]1ccn(C)c1.F[P-](F)(F)(F)(F)F. The van der Waals surface area contributed by atoms with E-state index in [0.717, 1.165) is 6.42 Å². The molecular formula is C7H14F6N3P. The third-order valence-corrected chi connectivity index (χ3v) is 1.59. The molecule has 3 nitrogen and oxygen atoms in total. The first-order valence-corrected chi connectivity index (χ1v) is 6.56. The fourth-order valence-electron chi connectivity index (χ4n) is 0.876. The number of hydrogen-bond donors (Lipinski definition) is 1. The number of aromatic nitrogens is 2. The van der Waals surface area contributed by atoms with Gasteiger partial charge < -0.3 is 0 Å². The van der Waals surface area contributed by atoms with Crippen LogP contribution >= 0.6 is 7.81 Å². The summed E-state index contributed by atoms with van der Waals surface area (Å²) in [5.41, 5.74) is 5.76. The van der Waals surface area contributed by atoms with E-state index < -0.39 is 7.81 Å². The molecule has 1 unspecified atom stereocenters. The molecule has 0 radical (unpaired) electrons. The Morgan fingerprint density at radius 3 is 1.88 bits per heavy atom. The Bertz CT molecular complexity index is 357. The molecule has 0 amide bonds. The van der Waals surface area contributed by atoms with Gasteiger partial charge in [0.2, 0.25) is 6.33 Å². The van der Waals surface area contributed by atoms with Gasteiger partial charge in [-0.2, -0.15) is 0 Å². The van der Waals surface area contributed by atoms with Gasteiger partial charge >= 0.3 is 33.0 Å². The predicted molar refractivity (Wildman–Crippen MR) is 52.7 cm³/mol. The van der Waals surface area contributed by atoms with Gasteiger partial charge in [-0.05, 0) is 6.42 Å². The van der Waals surface area contributed by atoms with Crippen LogP contribution < -0.4 is 10.3 Å². The van der Waals surface area contributed by atoms with E-state index in [1.807, 2.05) is 34.9 Å². The van der Waals surface area contributed by atoms with E-state index in [2.05, 4.69) is 6.92 Å². The molecule has 2 N–H and O–H groups in total. The first-order valence-electron chi connectivity index (χ1n) is 4.53. The van der Waals surface area contributed by atoms with Gasteiger partial charge in [-0.1, -0.05) is 6.92 Å². The van der Waals surface area contributed by atoms with Crippen LogP contribution in [0.1, 0.15) is 19.5 Å². The molecule has 0 aliphatic carbocycles. The van der Waals surface area contributed by atoms with Crippen molar-refractivity contribution in [1.29, 1.82) is 0 Å². The molecule has 0 bridgehead atoms. The summed E-state index contributed by atoms with van der Waals surface area (Å²) < 4.78 is 63.2.